The number of halogens is 1. The molecule has 1 aromatic carbocycles. The molecule has 7 heteroatoms. The zero-order valence-corrected chi connectivity index (χ0v) is 15.1. The van der Waals surface area contributed by atoms with Crippen LogP contribution in [0.2, 0.25) is 5.02 Å². The standard InChI is InChI=1S/C8H8ClNO2.C8H16N2S/c1-12-8-3-2-6(9)4-7(8)10-5-11;1-7-6-8(7)2-4-10(11-9)5-3-8/h2-5H,1H3,(H,10,11);7H,2-6,9H2,1H3. The first kappa shape index (κ1) is 18.4. The molecular weight excluding hydrogens is 334 g/mol. The predicted octanol–water partition coefficient (Wildman–Crippen LogP) is 3.55. The van der Waals surface area contributed by atoms with Gasteiger partial charge in [0.1, 0.15) is 5.75 Å². The van der Waals surface area contributed by atoms with E-state index in [1.165, 1.54) is 51.6 Å². The number of nitrogens with one attached hydrogen (secondary N) is 1. The lowest BCUT2D eigenvalue weighted by Crippen LogP contribution is -2.31. The van der Waals surface area contributed by atoms with Crippen molar-refractivity contribution in [2.24, 2.45) is 16.5 Å². The predicted molar refractivity (Wildman–Crippen MR) is 96.5 cm³/mol. The molecule has 0 bridgehead atoms. The van der Waals surface area contributed by atoms with Crippen molar-refractivity contribution in [2.75, 3.05) is 25.5 Å². The average molecular weight is 358 g/mol. The molecule has 1 aliphatic heterocycles. The molecule has 5 nitrogen and oxygen atoms in total. The van der Waals surface area contributed by atoms with Gasteiger partial charge in [-0.1, -0.05) is 18.5 Å². The van der Waals surface area contributed by atoms with Crippen LogP contribution in [-0.4, -0.2) is 30.9 Å². The number of rotatable bonds is 4. The van der Waals surface area contributed by atoms with E-state index < -0.39 is 0 Å². The SMILES string of the molecule is CC1CC12CCN(SN)CC2.COc1ccc(Cl)cc1NC=O. The molecule has 1 saturated carbocycles. The van der Waals surface area contributed by atoms with Gasteiger partial charge in [0.15, 0.2) is 0 Å². The molecule has 0 radical (unpaired) electrons. The Morgan fingerprint density at radius 1 is 1.48 bits per heavy atom. The number of nitrogens with two attached hydrogens (primary N) is 1. The van der Waals surface area contributed by atoms with E-state index in [-0.39, 0.29) is 0 Å². The number of methoxy groups -OCH3 is 1. The van der Waals surface area contributed by atoms with Gasteiger partial charge in [-0.15, -0.1) is 0 Å². The highest BCUT2D eigenvalue weighted by atomic mass is 35.5. The number of carbonyl (C=O) groups excluding carboxylic acids is 1. The molecule has 1 unspecified atom stereocenters. The Hall–Kier alpha value is -0.950. The summed E-state index contributed by atoms with van der Waals surface area (Å²) in [4.78, 5) is 10.1. The lowest BCUT2D eigenvalue weighted by molar-refractivity contribution is -0.105. The zero-order chi connectivity index (χ0) is 16.9. The van der Waals surface area contributed by atoms with Crippen molar-refractivity contribution >= 4 is 35.8 Å². The molecule has 3 N–H and O–H groups in total. The van der Waals surface area contributed by atoms with Gasteiger partial charge in [-0.2, -0.15) is 0 Å². The van der Waals surface area contributed by atoms with Crippen molar-refractivity contribution < 1.29 is 9.53 Å². The molecule has 1 aromatic rings. The number of carbonyl (C=O) groups is 1. The first-order valence-corrected chi connectivity index (χ1v) is 8.91. The second-order valence-corrected chi connectivity index (χ2v) is 7.27. The van der Waals surface area contributed by atoms with Crippen LogP contribution in [0.3, 0.4) is 0 Å². The zero-order valence-electron chi connectivity index (χ0n) is 13.5. The van der Waals surface area contributed by atoms with Crippen molar-refractivity contribution in [2.45, 2.75) is 26.2 Å². The molecule has 2 aliphatic rings. The quantitative estimate of drug-likeness (QED) is 0.637. The van der Waals surface area contributed by atoms with E-state index in [0.29, 0.717) is 22.9 Å². The van der Waals surface area contributed by atoms with Gasteiger partial charge in [0.05, 0.1) is 12.8 Å². The molecule has 23 heavy (non-hydrogen) atoms. The van der Waals surface area contributed by atoms with Gasteiger partial charge >= 0.3 is 0 Å². The molecule has 3 rings (SSSR count). The summed E-state index contributed by atoms with van der Waals surface area (Å²) in [7, 11) is 1.53. The third kappa shape index (κ3) is 4.76. The fourth-order valence-electron chi connectivity index (χ4n) is 3.14. The minimum atomic E-state index is 0.556. The van der Waals surface area contributed by atoms with E-state index in [4.69, 9.17) is 21.5 Å². The second-order valence-electron chi connectivity index (χ2n) is 6.11. The fourth-order valence-corrected chi connectivity index (χ4v) is 3.71. The van der Waals surface area contributed by atoms with Gasteiger partial charge in [-0.25, -0.2) is 4.31 Å². The largest absolute Gasteiger partial charge is 0.495 e. The van der Waals surface area contributed by atoms with E-state index in [2.05, 4.69) is 16.5 Å². The maximum Gasteiger partial charge on any atom is 0.211 e. The monoisotopic (exact) mass is 357 g/mol. The Balaban J connectivity index is 0.000000167. The van der Waals surface area contributed by atoms with Crippen LogP contribution >= 0.6 is 23.7 Å². The van der Waals surface area contributed by atoms with E-state index in [1.807, 2.05) is 0 Å². The molecule has 1 amide bonds. The van der Waals surface area contributed by atoms with Gasteiger partial charge < -0.3 is 10.1 Å². The first-order chi connectivity index (χ1) is 11.0. The molecule has 1 aliphatic carbocycles. The Morgan fingerprint density at radius 3 is 2.61 bits per heavy atom. The molecular formula is C16H24ClN3O2S. The van der Waals surface area contributed by atoms with Crippen LogP contribution in [0.5, 0.6) is 5.75 Å². The third-order valence-corrected chi connectivity index (χ3v) is 5.74. The Labute approximate surface area is 147 Å². The van der Waals surface area contributed by atoms with Crippen LogP contribution in [0.1, 0.15) is 26.2 Å². The van der Waals surface area contributed by atoms with Crippen LogP contribution in [0, 0.1) is 11.3 Å². The topological polar surface area (TPSA) is 67.6 Å². The lowest BCUT2D eigenvalue weighted by atomic mass is 9.92. The minimum Gasteiger partial charge on any atom is -0.495 e. The van der Waals surface area contributed by atoms with Gasteiger partial charge in [-0.05, 0) is 48.8 Å². The van der Waals surface area contributed by atoms with Crippen LogP contribution in [0.4, 0.5) is 5.69 Å². The lowest BCUT2D eigenvalue weighted by Gasteiger charge is -2.30. The highest BCUT2D eigenvalue weighted by Crippen LogP contribution is 2.59. The molecule has 0 aromatic heterocycles. The van der Waals surface area contributed by atoms with Crippen LogP contribution in [-0.2, 0) is 4.79 Å². The molecule has 1 spiro atoms. The van der Waals surface area contributed by atoms with E-state index >= 15 is 0 Å². The highest BCUT2D eigenvalue weighted by Gasteiger charge is 2.51. The van der Waals surface area contributed by atoms with E-state index in [0.717, 1.165) is 11.3 Å². The summed E-state index contributed by atoms with van der Waals surface area (Å²) >= 11 is 7.11. The molecule has 128 valence electrons. The fraction of sp³-hybridized carbons (Fsp3) is 0.562. The van der Waals surface area contributed by atoms with Crippen molar-refractivity contribution in [3.05, 3.63) is 23.2 Å². The first-order valence-electron chi connectivity index (χ1n) is 7.70. The smallest absolute Gasteiger partial charge is 0.211 e. The minimum absolute atomic E-state index is 0.556. The van der Waals surface area contributed by atoms with Gasteiger partial charge in [0.2, 0.25) is 6.41 Å². The number of piperidine rings is 1. The summed E-state index contributed by atoms with van der Waals surface area (Å²) in [5.74, 6) is 1.58. The summed E-state index contributed by atoms with van der Waals surface area (Å²) in [5, 5.41) is 8.52. The maximum absolute atomic E-state index is 10.1. The molecule has 1 saturated heterocycles. The number of anilines is 1. The van der Waals surface area contributed by atoms with E-state index in [1.54, 1.807) is 18.2 Å². The second kappa shape index (κ2) is 8.24. The Kier molecular flexibility index (Phi) is 6.59. The normalized spacial score (nSPS) is 22.0. The Morgan fingerprint density at radius 2 is 2.13 bits per heavy atom. The summed E-state index contributed by atoms with van der Waals surface area (Å²) in [6.45, 7) is 4.78. The van der Waals surface area contributed by atoms with Crippen molar-refractivity contribution in [3.63, 3.8) is 0 Å². The molecule has 1 heterocycles. The average Bonchev–Trinajstić information content (AvgIpc) is 3.18. The number of nitrogens with zero attached hydrogens (tertiary/aromatic N) is 1. The van der Waals surface area contributed by atoms with Crippen molar-refractivity contribution in [3.8, 4) is 5.75 Å². The van der Waals surface area contributed by atoms with Gasteiger partial charge in [-0.3, -0.25) is 9.93 Å². The number of amides is 1. The Bertz CT molecular complexity index is 536. The number of ether oxygens (including phenoxy) is 1. The summed E-state index contributed by atoms with van der Waals surface area (Å²) in [6.07, 6.45) is 4.79. The molecule has 1 atom stereocenters. The van der Waals surface area contributed by atoms with Crippen molar-refractivity contribution in [1.82, 2.24) is 4.31 Å². The number of hydrogen-bond donors (Lipinski definition) is 2. The third-order valence-electron chi connectivity index (χ3n) is 4.84. The molecule has 2 fully saturated rings. The summed E-state index contributed by atoms with van der Waals surface area (Å²) < 4.78 is 7.25. The van der Waals surface area contributed by atoms with Crippen molar-refractivity contribution in [1.29, 1.82) is 0 Å². The summed E-state index contributed by atoms with van der Waals surface area (Å²) in [5.41, 5.74) is 1.33. The maximum atomic E-state index is 10.1. The summed E-state index contributed by atoms with van der Waals surface area (Å²) in [6, 6.07) is 5.00. The van der Waals surface area contributed by atoms with Crippen LogP contribution in [0.25, 0.3) is 0 Å². The van der Waals surface area contributed by atoms with Crippen LogP contribution < -0.4 is 15.2 Å². The van der Waals surface area contributed by atoms with Crippen LogP contribution in [0.15, 0.2) is 18.2 Å². The number of benzene rings is 1. The van der Waals surface area contributed by atoms with Gasteiger partial charge in [0, 0.05) is 30.2 Å². The van der Waals surface area contributed by atoms with E-state index in [9.17, 15) is 4.79 Å². The highest BCUT2D eigenvalue weighted by molar-refractivity contribution is 7.94. The van der Waals surface area contributed by atoms with Gasteiger partial charge in [0.25, 0.3) is 0 Å². The number of hydrogen-bond acceptors (Lipinski definition) is 5.